The molecule has 194 valence electrons. The van der Waals surface area contributed by atoms with E-state index in [4.69, 9.17) is 19.4 Å². The molecular weight excluding hydrogens is 432 g/mol. The molecular formula is C31H48N2O2. The fourth-order valence-electron chi connectivity index (χ4n) is 4.88. The number of unbranched alkanes of at least 4 members (excludes halogenated alkanes) is 13. The lowest BCUT2D eigenvalue weighted by atomic mass is 9.92. The lowest BCUT2D eigenvalue weighted by molar-refractivity contribution is 0.291. The minimum absolute atomic E-state index is 0.761. The molecule has 2 aromatic heterocycles. The second-order valence-electron chi connectivity index (χ2n) is 10.1. The lowest BCUT2D eigenvalue weighted by Crippen LogP contribution is -2.10. The van der Waals surface area contributed by atoms with Gasteiger partial charge in [-0.05, 0) is 37.8 Å². The van der Waals surface area contributed by atoms with Crippen LogP contribution >= 0.6 is 0 Å². The first-order chi connectivity index (χ1) is 17.3. The first kappa shape index (κ1) is 27.5. The van der Waals surface area contributed by atoms with Gasteiger partial charge < -0.3 is 9.47 Å². The van der Waals surface area contributed by atoms with Crippen molar-refractivity contribution in [3.8, 4) is 22.9 Å². The second kappa shape index (κ2) is 16.5. The molecule has 0 unspecified atom stereocenters. The van der Waals surface area contributed by atoms with Crippen LogP contribution in [0.3, 0.4) is 0 Å². The first-order valence-electron chi connectivity index (χ1n) is 14.6. The van der Waals surface area contributed by atoms with E-state index in [9.17, 15) is 0 Å². The molecule has 0 radical (unpaired) electrons. The van der Waals surface area contributed by atoms with Gasteiger partial charge in [-0.3, -0.25) is 0 Å². The van der Waals surface area contributed by atoms with Crippen LogP contribution in [-0.2, 0) is 12.8 Å². The van der Waals surface area contributed by atoms with Crippen LogP contribution in [-0.4, -0.2) is 23.2 Å². The Morgan fingerprint density at radius 1 is 0.514 bits per heavy atom. The van der Waals surface area contributed by atoms with Gasteiger partial charge in [-0.2, -0.15) is 0 Å². The smallest absolute Gasteiger partial charge is 0.213 e. The van der Waals surface area contributed by atoms with Crippen LogP contribution in [0.1, 0.15) is 122 Å². The molecule has 2 heterocycles. The molecule has 0 aliphatic heterocycles. The number of aryl methyl sites for hydroxylation is 2. The van der Waals surface area contributed by atoms with Gasteiger partial charge in [0, 0.05) is 23.3 Å². The predicted molar refractivity (Wildman–Crippen MR) is 146 cm³/mol. The van der Waals surface area contributed by atoms with Gasteiger partial charge >= 0.3 is 0 Å². The maximum Gasteiger partial charge on any atom is 0.213 e. The quantitative estimate of drug-likeness (QED) is 0.188. The third-order valence-corrected chi connectivity index (χ3v) is 7.03. The minimum Gasteiger partial charge on any atom is -0.478 e. The molecule has 0 fully saturated rings. The molecule has 1 aliphatic carbocycles. The Morgan fingerprint density at radius 2 is 0.886 bits per heavy atom. The van der Waals surface area contributed by atoms with E-state index in [0.717, 1.165) is 62.0 Å². The highest BCUT2D eigenvalue weighted by Gasteiger charge is 2.19. The molecule has 2 aromatic rings. The normalized spacial score (nSPS) is 12.3. The molecule has 0 atom stereocenters. The Morgan fingerprint density at radius 3 is 1.29 bits per heavy atom. The Hall–Kier alpha value is -2.10. The summed E-state index contributed by atoms with van der Waals surface area (Å²) in [5.41, 5.74) is 4.64. The number of hydrogen-bond acceptors (Lipinski definition) is 4. The van der Waals surface area contributed by atoms with E-state index in [1.165, 1.54) is 94.6 Å². The van der Waals surface area contributed by atoms with Crippen LogP contribution in [0, 0.1) is 0 Å². The van der Waals surface area contributed by atoms with Crippen molar-refractivity contribution in [2.24, 2.45) is 0 Å². The molecule has 35 heavy (non-hydrogen) atoms. The largest absolute Gasteiger partial charge is 0.478 e. The average molecular weight is 481 g/mol. The molecule has 0 bridgehead atoms. The van der Waals surface area contributed by atoms with Gasteiger partial charge in [0.15, 0.2) is 0 Å². The summed E-state index contributed by atoms with van der Waals surface area (Å²) >= 11 is 0. The molecule has 4 heteroatoms. The summed E-state index contributed by atoms with van der Waals surface area (Å²) in [6.45, 7) is 6.06. The molecule has 4 nitrogen and oxygen atoms in total. The molecule has 3 rings (SSSR count). The summed E-state index contributed by atoms with van der Waals surface area (Å²) in [4.78, 5) is 9.63. The highest BCUT2D eigenvalue weighted by atomic mass is 16.5. The molecule has 0 aromatic carbocycles. The maximum atomic E-state index is 5.97. The predicted octanol–water partition coefficient (Wildman–Crippen LogP) is 8.89. The Bertz CT molecular complexity index is 852. The molecule has 1 aliphatic rings. The highest BCUT2D eigenvalue weighted by Crippen LogP contribution is 2.34. The van der Waals surface area contributed by atoms with Gasteiger partial charge in [-0.15, -0.1) is 0 Å². The fraction of sp³-hybridized carbons (Fsp3) is 0.677. The zero-order chi connectivity index (χ0) is 24.6. The number of nitrogens with zero attached hydrogens (tertiary/aromatic N) is 2. The summed E-state index contributed by atoms with van der Waals surface area (Å²) in [5, 5.41) is 0. The van der Waals surface area contributed by atoms with Crippen molar-refractivity contribution in [1.82, 2.24) is 9.97 Å². The van der Waals surface area contributed by atoms with Gasteiger partial charge in [0.05, 0.1) is 24.6 Å². The van der Waals surface area contributed by atoms with E-state index in [0.29, 0.717) is 0 Å². The zero-order valence-corrected chi connectivity index (χ0v) is 22.5. The van der Waals surface area contributed by atoms with Crippen molar-refractivity contribution < 1.29 is 9.47 Å². The van der Waals surface area contributed by atoms with Gasteiger partial charge in [-0.25, -0.2) is 9.97 Å². The first-order valence-corrected chi connectivity index (χ1v) is 14.6. The molecule has 0 saturated carbocycles. The number of fused-ring (bicyclic) bond motifs is 3. The summed E-state index contributed by atoms with van der Waals surface area (Å²) in [5.74, 6) is 1.52. The van der Waals surface area contributed by atoms with E-state index in [2.05, 4.69) is 26.0 Å². The van der Waals surface area contributed by atoms with E-state index < -0.39 is 0 Å². The SMILES string of the molecule is CCCCCCCCCCOc1ccc2c(n1)CCc1nc(OCCCCCCCCC)ccc1-2. The molecule has 0 amide bonds. The fourth-order valence-corrected chi connectivity index (χ4v) is 4.88. The number of hydrogen-bond donors (Lipinski definition) is 0. The number of ether oxygens (including phenoxy) is 2. The van der Waals surface area contributed by atoms with E-state index in [-0.39, 0.29) is 0 Å². The van der Waals surface area contributed by atoms with E-state index in [1.54, 1.807) is 0 Å². The summed E-state index contributed by atoms with van der Waals surface area (Å²) < 4.78 is 11.9. The van der Waals surface area contributed by atoms with Crippen LogP contribution in [0.25, 0.3) is 11.1 Å². The molecule has 0 N–H and O–H groups in total. The third kappa shape index (κ3) is 9.82. The van der Waals surface area contributed by atoms with Gasteiger partial charge in [0.25, 0.3) is 0 Å². The minimum atomic E-state index is 0.761. The van der Waals surface area contributed by atoms with E-state index in [1.807, 2.05) is 12.1 Å². The Labute approximate surface area is 214 Å². The Balaban J connectivity index is 1.38. The second-order valence-corrected chi connectivity index (χ2v) is 10.1. The van der Waals surface area contributed by atoms with Crippen LogP contribution in [0.2, 0.25) is 0 Å². The lowest BCUT2D eigenvalue weighted by Gasteiger charge is -2.19. The molecule has 0 spiro atoms. The van der Waals surface area contributed by atoms with Crippen molar-refractivity contribution in [2.45, 2.75) is 123 Å². The standard InChI is InChI=1S/C31H48N2O2/c1-3-5-7-9-11-13-15-17-25-35-31-23-19-27-26-18-22-30(32-28(26)20-21-29(27)33-31)34-24-16-14-12-10-8-6-4-2/h18-19,22-23H,3-17,20-21,24-25H2,1-2H3. The van der Waals surface area contributed by atoms with Crippen molar-refractivity contribution in [3.05, 3.63) is 35.7 Å². The van der Waals surface area contributed by atoms with Crippen LogP contribution in [0.4, 0.5) is 0 Å². The van der Waals surface area contributed by atoms with Crippen molar-refractivity contribution in [1.29, 1.82) is 0 Å². The van der Waals surface area contributed by atoms with Crippen LogP contribution in [0.15, 0.2) is 24.3 Å². The Kier molecular flexibility index (Phi) is 13.0. The number of rotatable bonds is 19. The maximum absolute atomic E-state index is 5.97. The van der Waals surface area contributed by atoms with Crippen molar-refractivity contribution in [2.75, 3.05) is 13.2 Å². The third-order valence-electron chi connectivity index (χ3n) is 7.03. The zero-order valence-electron chi connectivity index (χ0n) is 22.5. The number of pyridine rings is 2. The monoisotopic (exact) mass is 480 g/mol. The van der Waals surface area contributed by atoms with Crippen LogP contribution in [0.5, 0.6) is 11.8 Å². The van der Waals surface area contributed by atoms with Gasteiger partial charge in [-0.1, -0.05) is 97.3 Å². The highest BCUT2D eigenvalue weighted by molar-refractivity contribution is 5.71. The van der Waals surface area contributed by atoms with Gasteiger partial charge in [0.1, 0.15) is 0 Å². The summed E-state index contributed by atoms with van der Waals surface area (Å²) in [7, 11) is 0. The number of aromatic nitrogens is 2. The summed E-state index contributed by atoms with van der Waals surface area (Å²) in [6, 6.07) is 8.35. The topological polar surface area (TPSA) is 44.2 Å². The van der Waals surface area contributed by atoms with E-state index >= 15 is 0 Å². The molecule has 0 saturated heterocycles. The van der Waals surface area contributed by atoms with Crippen LogP contribution < -0.4 is 9.47 Å². The average Bonchev–Trinajstić information content (AvgIpc) is 2.89. The summed E-state index contributed by atoms with van der Waals surface area (Å²) in [6.07, 6.45) is 21.4. The van der Waals surface area contributed by atoms with Gasteiger partial charge in [0.2, 0.25) is 11.8 Å². The van der Waals surface area contributed by atoms with Crippen molar-refractivity contribution >= 4 is 0 Å². The van der Waals surface area contributed by atoms with Crippen molar-refractivity contribution in [3.63, 3.8) is 0 Å².